The van der Waals surface area contributed by atoms with Crippen molar-refractivity contribution in [1.29, 1.82) is 0 Å². The zero-order chi connectivity index (χ0) is 11.8. The van der Waals surface area contributed by atoms with E-state index in [1.165, 1.54) is 34.5 Å². The van der Waals surface area contributed by atoms with Crippen LogP contribution in [0.25, 0.3) is 10.6 Å². The van der Waals surface area contributed by atoms with Crippen LogP contribution in [0.1, 0.15) is 34.9 Å². The molecule has 0 unspecified atom stereocenters. The van der Waals surface area contributed by atoms with Gasteiger partial charge in [-0.2, -0.15) is 12.6 Å². The fourth-order valence-electron chi connectivity index (χ4n) is 2.05. The topological polar surface area (TPSA) is 12.9 Å². The van der Waals surface area contributed by atoms with Crippen LogP contribution in [0.3, 0.4) is 0 Å². The molecule has 1 aromatic carbocycles. The molecule has 0 bridgehead atoms. The number of aryl methyl sites for hydroxylation is 1. The van der Waals surface area contributed by atoms with Gasteiger partial charge in [0.15, 0.2) is 0 Å². The molecule has 1 nitrogen and oxygen atoms in total. The summed E-state index contributed by atoms with van der Waals surface area (Å²) < 4.78 is 0. The fraction of sp³-hybridized carbons (Fsp3) is 0.357. The van der Waals surface area contributed by atoms with Crippen LogP contribution in [0.15, 0.2) is 24.3 Å². The van der Waals surface area contributed by atoms with E-state index in [2.05, 4.69) is 43.8 Å². The molecule has 0 radical (unpaired) electrons. The van der Waals surface area contributed by atoms with E-state index in [9.17, 15) is 0 Å². The van der Waals surface area contributed by atoms with Crippen molar-refractivity contribution in [2.45, 2.75) is 31.4 Å². The highest BCUT2D eigenvalue weighted by Crippen LogP contribution is 2.44. The molecule has 0 saturated heterocycles. The summed E-state index contributed by atoms with van der Waals surface area (Å²) in [6.07, 6.45) is 2.61. The molecular weight excluding hydrogens is 246 g/mol. The first kappa shape index (κ1) is 11.3. The number of thiol groups is 1. The highest BCUT2D eigenvalue weighted by atomic mass is 32.1. The molecule has 1 heterocycles. The molecule has 3 heteroatoms. The van der Waals surface area contributed by atoms with Gasteiger partial charge < -0.3 is 0 Å². The monoisotopic (exact) mass is 261 g/mol. The van der Waals surface area contributed by atoms with Crippen LogP contribution in [0, 0.1) is 6.92 Å². The molecule has 0 spiro atoms. The number of hydrogen-bond acceptors (Lipinski definition) is 3. The third-order valence-electron chi connectivity index (χ3n) is 3.10. The Labute approximate surface area is 111 Å². The minimum atomic E-state index is 0.715. The van der Waals surface area contributed by atoms with Crippen LogP contribution in [-0.4, -0.2) is 4.98 Å². The van der Waals surface area contributed by atoms with E-state index in [1.54, 1.807) is 11.3 Å². The zero-order valence-electron chi connectivity index (χ0n) is 9.81. The number of rotatable bonds is 3. The van der Waals surface area contributed by atoms with Crippen molar-refractivity contribution < 1.29 is 0 Å². The zero-order valence-corrected chi connectivity index (χ0v) is 11.5. The molecule has 1 aromatic heterocycles. The second kappa shape index (κ2) is 4.46. The maximum atomic E-state index is 4.82. The average Bonchev–Trinajstić information content (AvgIpc) is 3.08. The third-order valence-corrected chi connectivity index (χ3v) is 4.75. The second-order valence-corrected chi connectivity index (χ2v) is 6.03. The first-order valence-corrected chi connectivity index (χ1v) is 7.40. The van der Waals surface area contributed by atoms with Crippen LogP contribution in [0.2, 0.25) is 0 Å². The van der Waals surface area contributed by atoms with E-state index in [0.717, 1.165) is 10.8 Å². The molecular formula is C14H15NS2. The summed E-state index contributed by atoms with van der Waals surface area (Å²) in [4.78, 5) is 6.18. The Morgan fingerprint density at radius 1 is 1.41 bits per heavy atom. The smallest absolute Gasteiger partial charge is 0.123 e. The van der Waals surface area contributed by atoms with Gasteiger partial charge in [0.2, 0.25) is 0 Å². The van der Waals surface area contributed by atoms with E-state index in [-0.39, 0.29) is 0 Å². The summed E-state index contributed by atoms with van der Waals surface area (Å²) in [5.74, 6) is 1.53. The first-order valence-electron chi connectivity index (χ1n) is 5.95. The van der Waals surface area contributed by atoms with E-state index >= 15 is 0 Å². The summed E-state index contributed by atoms with van der Waals surface area (Å²) in [6, 6.07) is 8.57. The maximum absolute atomic E-state index is 4.82. The van der Waals surface area contributed by atoms with Crippen LogP contribution >= 0.6 is 24.0 Å². The number of aromatic nitrogens is 1. The van der Waals surface area contributed by atoms with Gasteiger partial charge in [-0.05, 0) is 25.8 Å². The summed E-state index contributed by atoms with van der Waals surface area (Å²) in [5, 5.41) is 1.15. The Hall–Kier alpha value is -0.800. The van der Waals surface area contributed by atoms with Gasteiger partial charge in [0, 0.05) is 22.1 Å². The highest BCUT2D eigenvalue weighted by molar-refractivity contribution is 7.79. The molecule has 17 heavy (non-hydrogen) atoms. The Kier molecular flexibility index (Phi) is 2.97. The second-order valence-electron chi connectivity index (χ2n) is 4.63. The quantitative estimate of drug-likeness (QED) is 0.807. The van der Waals surface area contributed by atoms with Gasteiger partial charge in [0.25, 0.3) is 0 Å². The largest absolute Gasteiger partial charge is 0.240 e. The lowest BCUT2D eigenvalue weighted by Crippen LogP contribution is -1.85. The third kappa shape index (κ3) is 2.26. The summed E-state index contributed by atoms with van der Waals surface area (Å²) in [5.41, 5.74) is 3.84. The lowest BCUT2D eigenvalue weighted by molar-refractivity contribution is 1.03. The molecule has 1 aliphatic carbocycles. The molecule has 0 aliphatic heterocycles. The van der Waals surface area contributed by atoms with Crippen molar-refractivity contribution in [3.63, 3.8) is 0 Å². The van der Waals surface area contributed by atoms with Crippen LogP contribution in [0.5, 0.6) is 0 Å². The van der Waals surface area contributed by atoms with Gasteiger partial charge in [-0.25, -0.2) is 4.98 Å². The van der Waals surface area contributed by atoms with Crippen molar-refractivity contribution in [1.82, 2.24) is 4.98 Å². The molecule has 0 N–H and O–H groups in total. The lowest BCUT2D eigenvalue weighted by Gasteiger charge is -1.97. The molecule has 0 amide bonds. The maximum Gasteiger partial charge on any atom is 0.123 e. The Morgan fingerprint density at radius 2 is 2.24 bits per heavy atom. The molecule has 1 fully saturated rings. The van der Waals surface area contributed by atoms with E-state index in [4.69, 9.17) is 4.98 Å². The molecule has 88 valence electrons. The van der Waals surface area contributed by atoms with Crippen LogP contribution < -0.4 is 0 Å². The molecule has 1 saturated carbocycles. The van der Waals surface area contributed by atoms with Crippen molar-refractivity contribution in [3.05, 3.63) is 40.4 Å². The van der Waals surface area contributed by atoms with Gasteiger partial charge in [-0.15, -0.1) is 11.3 Å². The van der Waals surface area contributed by atoms with Gasteiger partial charge in [-0.3, -0.25) is 0 Å². The molecule has 1 aliphatic rings. The number of benzene rings is 1. The van der Waals surface area contributed by atoms with Crippen LogP contribution in [-0.2, 0) is 5.75 Å². The summed E-state index contributed by atoms with van der Waals surface area (Å²) in [6.45, 7) is 2.12. The number of hydrogen-bond donors (Lipinski definition) is 1. The van der Waals surface area contributed by atoms with Crippen molar-refractivity contribution in [2.24, 2.45) is 0 Å². The fourth-order valence-corrected chi connectivity index (χ4v) is 3.41. The standard InChI is InChI=1S/C14H15NS2/c1-9-3-2-4-11(7-9)14-15-13(10-5-6-10)12(8-16)17-14/h2-4,7,10,16H,5-6,8H2,1H3. The van der Waals surface area contributed by atoms with Gasteiger partial charge >= 0.3 is 0 Å². The molecule has 2 aromatic rings. The molecule has 0 atom stereocenters. The van der Waals surface area contributed by atoms with E-state index in [1.807, 2.05) is 0 Å². The van der Waals surface area contributed by atoms with Crippen molar-refractivity contribution >= 4 is 24.0 Å². The first-order chi connectivity index (χ1) is 8.28. The summed E-state index contributed by atoms with van der Waals surface area (Å²) >= 11 is 6.22. The summed E-state index contributed by atoms with van der Waals surface area (Å²) in [7, 11) is 0. The lowest BCUT2D eigenvalue weighted by atomic mass is 10.1. The van der Waals surface area contributed by atoms with Gasteiger partial charge in [0.05, 0.1) is 5.69 Å². The number of thiazole rings is 1. The van der Waals surface area contributed by atoms with Crippen molar-refractivity contribution in [2.75, 3.05) is 0 Å². The molecule has 3 rings (SSSR count). The van der Waals surface area contributed by atoms with Crippen LogP contribution in [0.4, 0.5) is 0 Å². The van der Waals surface area contributed by atoms with Gasteiger partial charge in [0.1, 0.15) is 5.01 Å². The minimum absolute atomic E-state index is 0.715. The number of nitrogens with zero attached hydrogens (tertiary/aromatic N) is 1. The van der Waals surface area contributed by atoms with Crippen molar-refractivity contribution in [3.8, 4) is 10.6 Å². The predicted octanol–water partition coefficient (Wildman–Crippen LogP) is 4.43. The predicted molar refractivity (Wildman–Crippen MR) is 77.0 cm³/mol. The van der Waals surface area contributed by atoms with E-state index < -0.39 is 0 Å². The highest BCUT2D eigenvalue weighted by Gasteiger charge is 2.29. The Balaban J connectivity index is 2.03. The Bertz CT molecular complexity index is 541. The Morgan fingerprint density at radius 3 is 2.88 bits per heavy atom. The average molecular weight is 261 g/mol. The normalized spacial score (nSPS) is 15.2. The minimum Gasteiger partial charge on any atom is -0.240 e. The van der Waals surface area contributed by atoms with E-state index in [0.29, 0.717) is 5.92 Å². The van der Waals surface area contributed by atoms with Gasteiger partial charge in [-0.1, -0.05) is 23.8 Å². The SMILES string of the molecule is Cc1cccc(-c2nc(C3CC3)c(CS)s2)c1.